The quantitative estimate of drug-likeness (QED) is 0.307. The number of carbonyl (C=O) groups is 1. The number of imidazole rings is 1. The van der Waals surface area contributed by atoms with Gasteiger partial charge in [-0.2, -0.15) is 0 Å². The second kappa shape index (κ2) is 10.0. The van der Waals surface area contributed by atoms with Gasteiger partial charge in [-0.05, 0) is 47.9 Å². The number of H-pyrrole nitrogens is 1. The molecule has 0 bridgehead atoms. The highest BCUT2D eigenvalue weighted by molar-refractivity contribution is 5.80. The third kappa shape index (κ3) is 5.36. The number of tetrazole rings is 1. The number of aromatic nitrogens is 6. The van der Waals surface area contributed by atoms with Crippen molar-refractivity contribution in [3.05, 3.63) is 65.6 Å². The Kier molecular flexibility index (Phi) is 6.90. The van der Waals surface area contributed by atoms with Crippen molar-refractivity contribution in [1.29, 1.82) is 0 Å². The topological polar surface area (TPSA) is 148 Å². The van der Waals surface area contributed by atoms with Crippen molar-refractivity contribution in [3.8, 4) is 28.4 Å². The molecule has 182 valence electrons. The normalized spacial score (nSPS) is 11.5. The van der Waals surface area contributed by atoms with Crippen LogP contribution in [-0.2, 0) is 23.5 Å². The number of benzene rings is 2. The molecule has 0 unspecified atom stereocenters. The molecule has 2 heterocycles. The number of aliphatic hydroxyl groups is 1. The summed E-state index contributed by atoms with van der Waals surface area (Å²) in [6.07, 6.45) is -1.49. The first kappa shape index (κ1) is 24.0. The maximum Gasteiger partial charge on any atom is 0.512 e. The van der Waals surface area contributed by atoms with Crippen LogP contribution in [0.5, 0.6) is 5.88 Å². The molecule has 3 N–H and O–H groups in total. The highest BCUT2D eigenvalue weighted by atomic mass is 16.7. The lowest BCUT2D eigenvalue weighted by Crippen LogP contribution is -2.19. The number of rotatable bonds is 9. The van der Waals surface area contributed by atoms with Gasteiger partial charge in [0.05, 0.1) is 6.54 Å². The fraction of sp³-hybridized carbons (Fsp3) is 0.292. The van der Waals surface area contributed by atoms with E-state index in [0.29, 0.717) is 18.3 Å². The SMILES string of the molecule is CCOCc1nc(C(C)(C)O)c(OC(=O)O)n1Cc1ccc(-c2ccccc2-c2nnn[nH]2)cc1. The molecule has 0 aliphatic heterocycles. The van der Waals surface area contributed by atoms with Crippen LogP contribution in [0.1, 0.15) is 37.9 Å². The largest absolute Gasteiger partial charge is 0.512 e. The molecule has 0 saturated carbocycles. The molecule has 0 atom stereocenters. The fourth-order valence-corrected chi connectivity index (χ4v) is 3.72. The van der Waals surface area contributed by atoms with Gasteiger partial charge in [0.25, 0.3) is 0 Å². The van der Waals surface area contributed by atoms with Crippen molar-refractivity contribution in [2.24, 2.45) is 0 Å². The van der Waals surface area contributed by atoms with E-state index in [1.54, 1.807) is 4.57 Å². The van der Waals surface area contributed by atoms with Crippen molar-refractivity contribution in [2.45, 2.75) is 39.5 Å². The Morgan fingerprint density at radius 2 is 1.83 bits per heavy atom. The molecular formula is C24H26N6O5. The molecule has 11 nitrogen and oxygen atoms in total. The smallest absolute Gasteiger partial charge is 0.449 e. The molecule has 2 aromatic carbocycles. The molecule has 35 heavy (non-hydrogen) atoms. The van der Waals surface area contributed by atoms with E-state index >= 15 is 0 Å². The van der Waals surface area contributed by atoms with Crippen molar-refractivity contribution in [3.63, 3.8) is 0 Å². The molecule has 0 saturated heterocycles. The Morgan fingerprint density at radius 3 is 2.43 bits per heavy atom. The van der Waals surface area contributed by atoms with E-state index in [9.17, 15) is 15.0 Å². The Balaban J connectivity index is 1.70. The fourth-order valence-electron chi connectivity index (χ4n) is 3.72. The number of hydrogen-bond acceptors (Lipinski definition) is 8. The molecular weight excluding hydrogens is 452 g/mol. The van der Waals surface area contributed by atoms with Crippen LogP contribution >= 0.6 is 0 Å². The number of hydrogen-bond donors (Lipinski definition) is 3. The number of carboxylic acid groups (broad SMARTS) is 1. The van der Waals surface area contributed by atoms with Gasteiger partial charge in [0.15, 0.2) is 5.82 Å². The number of aromatic amines is 1. The average Bonchev–Trinajstić information content (AvgIpc) is 3.47. The molecule has 2 aromatic heterocycles. The number of ether oxygens (including phenoxy) is 2. The van der Waals surface area contributed by atoms with Crippen molar-refractivity contribution in [2.75, 3.05) is 6.61 Å². The molecule has 4 aromatic rings. The van der Waals surface area contributed by atoms with Crippen LogP contribution in [0.15, 0.2) is 48.5 Å². The summed E-state index contributed by atoms with van der Waals surface area (Å²) < 4.78 is 12.2. The molecule has 4 rings (SSSR count). The second-order valence-electron chi connectivity index (χ2n) is 8.32. The minimum Gasteiger partial charge on any atom is -0.449 e. The van der Waals surface area contributed by atoms with Gasteiger partial charge in [0.2, 0.25) is 5.88 Å². The maximum absolute atomic E-state index is 11.4. The molecule has 0 fully saturated rings. The summed E-state index contributed by atoms with van der Waals surface area (Å²) in [5, 5.41) is 34.0. The highest BCUT2D eigenvalue weighted by Gasteiger charge is 2.31. The zero-order valence-corrected chi connectivity index (χ0v) is 19.6. The molecule has 0 amide bonds. The molecule has 0 spiro atoms. The van der Waals surface area contributed by atoms with Crippen LogP contribution in [0.3, 0.4) is 0 Å². The average molecular weight is 479 g/mol. The number of nitrogens with zero attached hydrogens (tertiary/aromatic N) is 5. The molecule has 0 aliphatic rings. The summed E-state index contributed by atoms with van der Waals surface area (Å²) in [6.45, 7) is 5.75. The number of nitrogens with one attached hydrogen (secondary N) is 1. The lowest BCUT2D eigenvalue weighted by molar-refractivity contribution is 0.0692. The van der Waals surface area contributed by atoms with Crippen LogP contribution in [0, 0.1) is 0 Å². The standard InChI is InChI=1S/C24H26N6O5/c1-4-34-14-19-25-20(24(2,3)33)22(35-23(31)32)30(19)13-15-9-11-16(12-10-15)17-7-5-6-8-18(17)21-26-28-29-27-21/h5-12,33H,4,13-14H2,1-3H3,(H,31,32)(H,26,27,28,29). The Labute approximate surface area is 201 Å². The van der Waals surface area contributed by atoms with Crippen LogP contribution in [-0.4, -0.2) is 53.2 Å². The summed E-state index contributed by atoms with van der Waals surface area (Å²) in [6, 6.07) is 15.6. The van der Waals surface area contributed by atoms with Gasteiger partial charge in [-0.25, -0.2) is 14.9 Å². The highest BCUT2D eigenvalue weighted by Crippen LogP contribution is 2.33. The van der Waals surface area contributed by atoms with Crippen molar-refractivity contribution < 1.29 is 24.5 Å². The first-order chi connectivity index (χ1) is 16.8. The van der Waals surface area contributed by atoms with Gasteiger partial charge in [0, 0.05) is 12.2 Å². The van der Waals surface area contributed by atoms with E-state index in [0.717, 1.165) is 22.3 Å². The monoisotopic (exact) mass is 478 g/mol. The van der Waals surface area contributed by atoms with Gasteiger partial charge >= 0.3 is 6.16 Å². The van der Waals surface area contributed by atoms with Gasteiger partial charge in [-0.1, -0.05) is 48.5 Å². The van der Waals surface area contributed by atoms with Gasteiger partial charge < -0.3 is 19.7 Å². The van der Waals surface area contributed by atoms with E-state index in [4.69, 9.17) is 9.47 Å². The second-order valence-corrected chi connectivity index (χ2v) is 8.32. The van der Waals surface area contributed by atoms with Gasteiger partial charge in [0.1, 0.15) is 23.7 Å². The maximum atomic E-state index is 11.4. The molecule has 0 aliphatic carbocycles. The van der Waals surface area contributed by atoms with E-state index < -0.39 is 11.8 Å². The van der Waals surface area contributed by atoms with Crippen LogP contribution in [0.25, 0.3) is 22.5 Å². The molecule has 0 radical (unpaired) electrons. The first-order valence-corrected chi connectivity index (χ1v) is 11.0. The summed E-state index contributed by atoms with van der Waals surface area (Å²) in [5.74, 6) is 0.984. The summed E-state index contributed by atoms with van der Waals surface area (Å²) in [4.78, 5) is 15.9. The summed E-state index contributed by atoms with van der Waals surface area (Å²) in [7, 11) is 0. The van der Waals surface area contributed by atoms with E-state index in [2.05, 4.69) is 25.6 Å². The lowest BCUT2D eigenvalue weighted by Gasteiger charge is -2.17. The summed E-state index contributed by atoms with van der Waals surface area (Å²) in [5.41, 5.74) is 2.36. The van der Waals surface area contributed by atoms with Crippen molar-refractivity contribution >= 4 is 6.16 Å². The predicted molar refractivity (Wildman–Crippen MR) is 126 cm³/mol. The summed E-state index contributed by atoms with van der Waals surface area (Å²) >= 11 is 0. The van der Waals surface area contributed by atoms with Crippen LogP contribution < -0.4 is 4.74 Å². The first-order valence-electron chi connectivity index (χ1n) is 11.0. The Morgan fingerprint density at radius 1 is 1.11 bits per heavy atom. The van der Waals surface area contributed by atoms with E-state index in [1.165, 1.54) is 13.8 Å². The zero-order chi connectivity index (χ0) is 25.0. The molecule has 11 heteroatoms. The van der Waals surface area contributed by atoms with Gasteiger partial charge in [-0.15, -0.1) is 5.10 Å². The predicted octanol–water partition coefficient (Wildman–Crippen LogP) is 3.60. The van der Waals surface area contributed by atoms with Crippen molar-refractivity contribution in [1.82, 2.24) is 30.2 Å². The van der Waals surface area contributed by atoms with Crippen LogP contribution in [0.4, 0.5) is 4.79 Å². The zero-order valence-electron chi connectivity index (χ0n) is 19.6. The van der Waals surface area contributed by atoms with Gasteiger partial charge in [-0.3, -0.25) is 4.57 Å². The third-order valence-corrected chi connectivity index (χ3v) is 5.33. The van der Waals surface area contributed by atoms with Crippen LogP contribution in [0.2, 0.25) is 0 Å². The Hall–Kier alpha value is -4.09. The lowest BCUT2D eigenvalue weighted by atomic mass is 9.98. The van der Waals surface area contributed by atoms with E-state index in [-0.39, 0.29) is 24.7 Å². The third-order valence-electron chi connectivity index (χ3n) is 5.33. The minimum atomic E-state index is -1.49. The minimum absolute atomic E-state index is 0.0352. The van der Waals surface area contributed by atoms with E-state index in [1.807, 2.05) is 55.5 Å². The Bertz CT molecular complexity index is 1290.